The van der Waals surface area contributed by atoms with Crippen LogP contribution in [0, 0.1) is 0 Å². The number of aromatic nitrogens is 3. The SMILES string of the molecule is CC(C)c1nn(-c2cccc(N3CCC3)c2)c2nc(C(=O)O)cc(-c3ccc(N(C)C4CCOCC4)cc3)c12. The summed E-state index contributed by atoms with van der Waals surface area (Å²) in [6.45, 7) is 7.91. The number of fused-ring (bicyclic) bond motifs is 1. The molecule has 8 nitrogen and oxygen atoms in total. The highest BCUT2D eigenvalue weighted by atomic mass is 16.5. The van der Waals surface area contributed by atoms with Crippen molar-refractivity contribution in [3.8, 4) is 16.8 Å². The van der Waals surface area contributed by atoms with Crippen molar-refractivity contribution in [3.63, 3.8) is 0 Å². The van der Waals surface area contributed by atoms with Gasteiger partial charge in [-0.3, -0.25) is 0 Å². The first kappa shape index (κ1) is 25.4. The maximum Gasteiger partial charge on any atom is 0.354 e. The Morgan fingerprint density at radius 3 is 2.41 bits per heavy atom. The molecule has 2 aliphatic rings. The maximum atomic E-state index is 12.2. The lowest BCUT2D eigenvalue weighted by atomic mass is 9.97. The minimum Gasteiger partial charge on any atom is -0.477 e. The standard InChI is InChI=1S/C31H35N5O3/c1-20(2)29-28-26(21-8-10-22(11-9-21)34(3)23-12-16-39-17-13-23)19-27(31(37)38)32-30(28)36(33-29)25-7-4-6-24(18-25)35-14-5-15-35/h4,6-11,18-20,23H,5,12-17H2,1-3H3,(H,37,38). The van der Waals surface area contributed by atoms with Gasteiger partial charge in [0.2, 0.25) is 0 Å². The molecule has 0 bridgehead atoms. The Bertz CT molecular complexity index is 1500. The van der Waals surface area contributed by atoms with Crippen LogP contribution in [0.25, 0.3) is 27.8 Å². The molecule has 2 fully saturated rings. The summed E-state index contributed by atoms with van der Waals surface area (Å²) in [5.41, 5.74) is 6.43. The summed E-state index contributed by atoms with van der Waals surface area (Å²) in [7, 11) is 2.13. The van der Waals surface area contributed by atoms with Gasteiger partial charge >= 0.3 is 5.97 Å². The van der Waals surface area contributed by atoms with Crippen LogP contribution in [0.5, 0.6) is 0 Å². The summed E-state index contributed by atoms with van der Waals surface area (Å²) >= 11 is 0. The first-order valence-corrected chi connectivity index (χ1v) is 13.8. The molecular formula is C31H35N5O3. The zero-order valence-electron chi connectivity index (χ0n) is 22.8. The van der Waals surface area contributed by atoms with Crippen LogP contribution < -0.4 is 9.80 Å². The van der Waals surface area contributed by atoms with Crippen molar-refractivity contribution in [3.05, 3.63) is 66.0 Å². The molecule has 4 aromatic rings. The third-order valence-electron chi connectivity index (χ3n) is 8.05. The van der Waals surface area contributed by atoms with Crippen molar-refractivity contribution in [1.29, 1.82) is 0 Å². The Hall–Kier alpha value is -3.91. The van der Waals surface area contributed by atoms with Gasteiger partial charge in [-0.05, 0) is 72.7 Å². The van der Waals surface area contributed by atoms with E-state index in [0.29, 0.717) is 11.7 Å². The van der Waals surface area contributed by atoms with E-state index in [2.05, 4.69) is 72.1 Å². The molecule has 2 aliphatic heterocycles. The van der Waals surface area contributed by atoms with Crippen LogP contribution >= 0.6 is 0 Å². The van der Waals surface area contributed by atoms with Crippen molar-refractivity contribution in [2.24, 2.45) is 0 Å². The molecule has 0 radical (unpaired) electrons. The molecule has 0 unspecified atom stereocenters. The number of hydrogen-bond donors (Lipinski definition) is 1. The Kier molecular flexibility index (Phi) is 6.73. The summed E-state index contributed by atoms with van der Waals surface area (Å²) in [6, 6.07) is 18.8. The molecule has 4 heterocycles. The molecule has 202 valence electrons. The summed E-state index contributed by atoms with van der Waals surface area (Å²) in [6.07, 6.45) is 3.23. The van der Waals surface area contributed by atoms with Crippen LogP contribution in [0.4, 0.5) is 11.4 Å². The second-order valence-corrected chi connectivity index (χ2v) is 10.9. The minimum absolute atomic E-state index is 0.0104. The summed E-state index contributed by atoms with van der Waals surface area (Å²) < 4.78 is 7.35. The molecule has 0 spiro atoms. The van der Waals surface area contributed by atoms with Crippen LogP contribution in [0.3, 0.4) is 0 Å². The smallest absolute Gasteiger partial charge is 0.354 e. The number of benzene rings is 2. The van der Waals surface area contributed by atoms with Crippen LogP contribution in [0.1, 0.15) is 55.2 Å². The molecular weight excluding hydrogens is 490 g/mol. The number of rotatable bonds is 7. The topological polar surface area (TPSA) is 83.7 Å². The second-order valence-electron chi connectivity index (χ2n) is 10.9. The molecule has 0 aliphatic carbocycles. The van der Waals surface area contributed by atoms with E-state index in [4.69, 9.17) is 9.84 Å². The summed E-state index contributed by atoms with van der Waals surface area (Å²) in [5.74, 6) is -0.926. The van der Waals surface area contributed by atoms with Gasteiger partial charge in [0.05, 0.1) is 16.8 Å². The van der Waals surface area contributed by atoms with Crippen molar-refractivity contribution in [2.75, 3.05) is 43.2 Å². The molecule has 0 amide bonds. The van der Waals surface area contributed by atoms with E-state index < -0.39 is 5.97 Å². The van der Waals surface area contributed by atoms with Gasteiger partial charge in [0.15, 0.2) is 11.3 Å². The Labute approximate surface area is 228 Å². The van der Waals surface area contributed by atoms with Crippen molar-refractivity contribution in [2.45, 2.75) is 45.1 Å². The number of aromatic carboxylic acids is 1. The van der Waals surface area contributed by atoms with Gasteiger partial charge in [-0.15, -0.1) is 0 Å². The highest BCUT2D eigenvalue weighted by molar-refractivity contribution is 6.00. The molecule has 2 aromatic heterocycles. The molecule has 0 saturated carbocycles. The second kappa shape index (κ2) is 10.3. The average Bonchev–Trinajstić information content (AvgIpc) is 3.32. The molecule has 1 N–H and O–H groups in total. The van der Waals surface area contributed by atoms with Crippen LogP contribution in [-0.2, 0) is 4.74 Å². The highest BCUT2D eigenvalue weighted by Crippen LogP contribution is 2.37. The van der Waals surface area contributed by atoms with Gasteiger partial charge < -0.3 is 19.6 Å². The van der Waals surface area contributed by atoms with Crippen molar-refractivity contribution in [1.82, 2.24) is 14.8 Å². The van der Waals surface area contributed by atoms with Crippen LogP contribution in [0.15, 0.2) is 54.6 Å². The van der Waals surface area contributed by atoms with Gasteiger partial charge in [-0.1, -0.05) is 32.0 Å². The zero-order valence-corrected chi connectivity index (χ0v) is 22.8. The average molecular weight is 526 g/mol. The molecule has 8 heteroatoms. The lowest BCUT2D eigenvalue weighted by Crippen LogP contribution is -2.36. The first-order chi connectivity index (χ1) is 18.9. The number of anilines is 2. The fourth-order valence-electron chi connectivity index (χ4n) is 5.62. The van der Waals surface area contributed by atoms with Gasteiger partial charge in [0, 0.05) is 50.8 Å². The monoisotopic (exact) mass is 525 g/mol. The molecule has 2 saturated heterocycles. The molecule has 39 heavy (non-hydrogen) atoms. The van der Waals surface area contributed by atoms with Gasteiger partial charge in [0.1, 0.15) is 0 Å². The third kappa shape index (κ3) is 4.74. The van der Waals surface area contributed by atoms with Gasteiger partial charge in [-0.2, -0.15) is 5.10 Å². The summed E-state index contributed by atoms with van der Waals surface area (Å²) in [5, 5.41) is 15.9. The van der Waals surface area contributed by atoms with Crippen molar-refractivity contribution >= 4 is 28.4 Å². The lowest BCUT2D eigenvalue weighted by Gasteiger charge is -2.33. The molecule has 6 rings (SSSR count). The van der Waals surface area contributed by atoms with E-state index >= 15 is 0 Å². The Morgan fingerprint density at radius 2 is 1.77 bits per heavy atom. The number of ether oxygens (including phenoxy) is 1. The van der Waals surface area contributed by atoms with Gasteiger partial charge in [0.25, 0.3) is 0 Å². The molecule has 2 aromatic carbocycles. The van der Waals surface area contributed by atoms with E-state index in [1.165, 1.54) is 6.42 Å². The number of pyridine rings is 1. The number of carboxylic acids is 1. The van der Waals surface area contributed by atoms with E-state index in [1.807, 2.05) is 16.8 Å². The molecule has 0 atom stereocenters. The van der Waals surface area contributed by atoms with E-state index in [1.54, 1.807) is 6.07 Å². The quantitative estimate of drug-likeness (QED) is 0.330. The number of carboxylic acid groups (broad SMARTS) is 1. The number of nitrogens with zero attached hydrogens (tertiary/aromatic N) is 5. The Balaban J connectivity index is 1.47. The lowest BCUT2D eigenvalue weighted by molar-refractivity contribution is 0.0691. The van der Waals surface area contributed by atoms with E-state index in [-0.39, 0.29) is 11.6 Å². The normalized spacial score (nSPS) is 16.1. The fraction of sp³-hybridized carbons (Fsp3) is 0.387. The maximum absolute atomic E-state index is 12.2. The number of carbonyl (C=O) groups is 1. The first-order valence-electron chi connectivity index (χ1n) is 13.8. The van der Waals surface area contributed by atoms with Gasteiger partial charge in [-0.25, -0.2) is 14.5 Å². The highest BCUT2D eigenvalue weighted by Gasteiger charge is 2.24. The Morgan fingerprint density at radius 1 is 1.05 bits per heavy atom. The van der Waals surface area contributed by atoms with Crippen molar-refractivity contribution < 1.29 is 14.6 Å². The van der Waals surface area contributed by atoms with Crippen LogP contribution in [0.2, 0.25) is 0 Å². The zero-order chi connectivity index (χ0) is 27.1. The third-order valence-corrected chi connectivity index (χ3v) is 8.05. The largest absolute Gasteiger partial charge is 0.477 e. The fourth-order valence-corrected chi connectivity index (χ4v) is 5.62. The van der Waals surface area contributed by atoms with E-state index in [9.17, 15) is 9.90 Å². The predicted octanol–water partition coefficient (Wildman–Crippen LogP) is 5.73. The summed E-state index contributed by atoms with van der Waals surface area (Å²) in [4.78, 5) is 21.5. The predicted molar refractivity (Wildman–Crippen MR) is 154 cm³/mol. The van der Waals surface area contributed by atoms with E-state index in [0.717, 1.165) is 78.4 Å². The van der Waals surface area contributed by atoms with Crippen LogP contribution in [-0.4, -0.2) is 65.2 Å². The number of hydrogen-bond acceptors (Lipinski definition) is 6. The minimum atomic E-state index is -1.05.